The molecule has 39 heavy (non-hydrogen) atoms. The number of fused-ring (bicyclic) bond motifs is 1. The Hall–Kier alpha value is -3.95. The largest absolute Gasteiger partial charge is 0.322 e. The monoisotopic (exact) mass is 527 g/mol. The molecule has 2 unspecified atom stereocenters. The summed E-state index contributed by atoms with van der Waals surface area (Å²) in [5.41, 5.74) is 3.38. The number of nitrogens with one attached hydrogen (secondary N) is 1. The lowest BCUT2D eigenvalue weighted by molar-refractivity contribution is -0.136. The fourth-order valence-electron chi connectivity index (χ4n) is 5.94. The fourth-order valence-corrected chi connectivity index (χ4v) is 5.94. The lowest BCUT2D eigenvalue weighted by atomic mass is 10.00. The molecule has 4 heterocycles. The van der Waals surface area contributed by atoms with Gasteiger partial charge in [-0.05, 0) is 30.2 Å². The Kier molecular flexibility index (Phi) is 6.93. The van der Waals surface area contributed by atoms with Crippen LogP contribution in [-0.4, -0.2) is 69.6 Å². The number of carbonyl (C=O) groups is 3. The maximum absolute atomic E-state index is 15.7. The van der Waals surface area contributed by atoms with Crippen LogP contribution in [0.1, 0.15) is 51.6 Å². The number of carbonyl (C=O) groups excluding carboxylic acids is 3. The van der Waals surface area contributed by atoms with E-state index in [4.69, 9.17) is 0 Å². The Morgan fingerprint density at radius 1 is 0.949 bits per heavy atom. The summed E-state index contributed by atoms with van der Waals surface area (Å²) in [6.45, 7) is 3.65. The molecule has 3 aliphatic rings. The third-order valence-electron chi connectivity index (χ3n) is 7.98. The summed E-state index contributed by atoms with van der Waals surface area (Å²) in [6.07, 6.45) is 2.25. The summed E-state index contributed by atoms with van der Waals surface area (Å²) in [6, 6.07) is 19.0. The van der Waals surface area contributed by atoms with E-state index in [1.54, 1.807) is 12.1 Å². The van der Waals surface area contributed by atoms with Crippen molar-refractivity contribution in [3.63, 3.8) is 0 Å². The van der Waals surface area contributed by atoms with Crippen LogP contribution in [0.5, 0.6) is 0 Å². The second-order valence-electron chi connectivity index (χ2n) is 10.3. The topological polar surface area (TPSA) is 85.9 Å². The Morgan fingerprint density at radius 2 is 1.72 bits per heavy atom. The van der Waals surface area contributed by atoms with Crippen LogP contribution in [0, 0.1) is 5.82 Å². The lowest BCUT2D eigenvalue weighted by Crippen LogP contribution is -2.52. The molecule has 0 bridgehead atoms. The summed E-state index contributed by atoms with van der Waals surface area (Å²) in [5, 5.41) is 2.29. The fraction of sp³-hybridized carbons (Fsp3) is 0.333. The molecular formula is C30H30FN5O3. The predicted molar refractivity (Wildman–Crippen MR) is 142 cm³/mol. The number of benzene rings is 2. The summed E-state index contributed by atoms with van der Waals surface area (Å²) < 4.78 is 15.7. The number of imide groups is 1. The highest BCUT2D eigenvalue weighted by Crippen LogP contribution is 2.32. The van der Waals surface area contributed by atoms with Gasteiger partial charge in [-0.1, -0.05) is 42.5 Å². The van der Waals surface area contributed by atoms with Crippen molar-refractivity contribution in [2.45, 2.75) is 38.0 Å². The van der Waals surface area contributed by atoms with E-state index in [0.29, 0.717) is 23.2 Å². The number of rotatable bonds is 6. The zero-order valence-electron chi connectivity index (χ0n) is 21.6. The Balaban J connectivity index is 1.14. The third kappa shape index (κ3) is 4.95. The van der Waals surface area contributed by atoms with Gasteiger partial charge in [0.1, 0.15) is 11.9 Å². The molecule has 0 saturated carbocycles. The van der Waals surface area contributed by atoms with Gasteiger partial charge in [-0.15, -0.1) is 0 Å². The van der Waals surface area contributed by atoms with Gasteiger partial charge < -0.3 is 4.90 Å². The molecule has 2 fully saturated rings. The first-order valence-corrected chi connectivity index (χ1v) is 13.4. The van der Waals surface area contributed by atoms with Crippen molar-refractivity contribution in [2.24, 2.45) is 0 Å². The second kappa shape index (κ2) is 10.7. The summed E-state index contributed by atoms with van der Waals surface area (Å²) >= 11 is 0. The maximum Gasteiger partial charge on any atom is 0.255 e. The van der Waals surface area contributed by atoms with Gasteiger partial charge in [0, 0.05) is 62.0 Å². The Morgan fingerprint density at radius 3 is 2.44 bits per heavy atom. The number of piperazine rings is 1. The van der Waals surface area contributed by atoms with Crippen LogP contribution in [-0.2, 0) is 22.7 Å². The number of pyridine rings is 1. The van der Waals surface area contributed by atoms with Gasteiger partial charge >= 0.3 is 0 Å². The molecule has 2 aromatic carbocycles. The maximum atomic E-state index is 15.7. The molecule has 2 saturated heterocycles. The number of hydrogen-bond acceptors (Lipinski definition) is 6. The van der Waals surface area contributed by atoms with E-state index in [0.717, 1.165) is 31.9 Å². The minimum atomic E-state index is -0.754. The van der Waals surface area contributed by atoms with Crippen LogP contribution in [0.25, 0.3) is 0 Å². The van der Waals surface area contributed by atoms with Crippen LogP contribution in [0.2, 0.25) is 0 Å². The molecule has 0 spiro atoms. The molecular weight excluding hydrogens is 497 g/mol. The second-order valence-corrected chi connectivity index (χ2v) is 10.3. The van der Waals surface area contributed by atoms with Crippen molar-refractivity contribution < 1.29 is 18.8 Å². The third-order valence-corrected chi connectivity index (χ3v) is 7.98. The number of aromatic nitrogens is 1. The predicted octanol–water partition coefficient (Wildman–Crippen LogP) is 2.89. The highest BCUT2D eigenvalue weighted by atomic mass is 19.1. The Labute approximate surface area is 226 Å². The van der Waals surface area contributed by atoms with E-state index < -0.39 is 11.9 Å². The van der Waals surface area contributed by atoms with Gasteiger partial charge in [0.15, 0.2) is 0 Å². The van der Waals surface area contributed by atoms with Crippen molar-refractivity contribution in [1.82, 2.24) is 25.0 Å². The first-order chi connectivity index (χ1) is 19.0. The number of nitrogens with zero attached hydrogens (tertiary/aromatic N) is 4. The van der Waals surface area contributed by atoms with Crippen LogP contribution < -0.4 is 5.32 Å². The number of piperidine rings is 1. The smallest absolute Gasteiger partial charge is 0.255 e. The van der Waals surface area contributed by atoms with Crippen LogP contribution in [0.3, 0.4) is 0 Å². The van der Waals surface area contributed by atoms with E-state index in [1.165, 1.54) is 10.5 Å². The molecule has 3 aliphatic heterocycles. The SMILES string of the molecule is O=C1CCC(N2Cc3c(ccc(CN4CCN(C(c5ccccc5)c5ccccn5)CC4)c3F)C2=O)C(=O)N1. The Bertz CT molecular complexity index is 1350. The van der Waals surface area contributed by atoms with Crippen LogP contribution in [0.15, 0.2) is 66.9 Å². The average molecular weight is 528 g/mol. The van der Waals surface area contributed by atoms with Crippen molar-refractivity contribution in [1.29, 1.82) is 0 Å². The van der Waals surface area contributed by atoms with Crippen molar-refractivity contribution in [2.75, 3.05) is 26.2 Å². The van der Waals surface area contributed by atoms with Gasteiger partial charge in [0.25, 0.3) is 5.91 Å². The first kappa shape index (κ1) is 25.3. The summed E-state index contributed by atoms with van der Waals surface area (Å²) in [4.78, 5) is 47.5. The van der Waals surface area contributed by atoms with E-state index in [-0.39, 0.29) is 43.1 Å². The van der Waals surface area contributed by atoms with Gasteiger partial charge in [-0.2, -0.15) is 0 Å². The highest BCUT2D eigenvalue weighted by Gasteiger charge is 2.40. The molecule has 8 nitrogen and oxygen atoms in total. The van der Waals surface area contributed by atoms with Crippen molar-refractivity contribution in [3.05, 3.63) is 101 Å². The van der Waals surface area contributed by atoms with Gasteiger partial charge in [-0.3, -0.25) is 34.5 Å². The lowest BCUT2D eigenvalue weighted by Gasteiger charge is -2.39. The number of halogens is 1. The molecule has 6 rings (SSSR count). The quantitative estimate of drug-likeness (QED) is 0.497. The standard InChI is InChI=1S/C30H30FN5O3/c31-27-21(9-10-22-23(27)19-36(30(22)39)25-11-12-26(37)33-29(25)38)18-34-14-16-35(17-15-34)28(20-6-2-1-3-7-20)24-8-4-5-13-32-24/h1-10,13,25,28H,11-12,14-19H2,(H,33,37,38). The molecule has 0 radical (unpaired) electrons. The summed E-state index contributed by atoms with van der Waals surface area (Å²) in [7, 11) is 0. The van der Waals surface area contributed by atoms with Gasteiger partial charge in [-0.25, -0.2) is 4.39 Å². The van der Waals surface area contributed by atoms with Crippen LogP contribution >= 0.6 is 0 Å². The average Bonchev–Trinajstić information content (AvgIpc) is 3.29. The molecule has 200 valence electrons. The molecule has 2 atom stereocenters. The molecule has 1 aromatic heterocycles. The zero-order valence-corrected chi connectivity index (χ0v) is 21.6. The van der Waals surface area contributed by atoms with Gasteiger partial charge in [0.2, 0.25) is 11.8 Å². The molecule has 0 aliphatic carbocycles. The molecule has 9 heteroatoms. The minimum absolute atomic E-state index is 0.0384. The summed E-state index contributed by atoms with van der Waals surface area (Å²) in [5.74, 6) is -1.58. The zero-order chi connectivity index (χ0) is 26.9. The highest BCUT2D eigenvalue weighted by molar-refractivity contribution is 6.05. The van der Waals surface area contributed by atoms with Gasteiger partial charge in [0.05, 0.1) is 18.3 Å². The van der Waals surface area contributed by atoms with E-state index >= 15 is 4.39 Å². The normalized spacial score (nSPS) is 21.1. The van der Waals surface area contributed by atoms with Crippen molar-refractivity contribution >= 4 is 17.7 Å². The molecule has 1 N–H and O–H groups in total. The van der Waals surface area contributed by atoms with E-state index in [2.05, 4.69) is 38.3 Å². The first-order valence-electron chi connectivity index (χ1n) is 13.4. The minimum Gasteiger partial charge on any atom is -0.322 e. The number of hydrogen-bond donors (Lipinski definition) is 1. The van der Waals surface area contributed by atoms with Crippen LogP contribution in [0.4, 0.5) is 4.39 Å². The van der Waals surface area contributed by atoms with E-state index in [1.807, 2.05) is 36.5 Å². The molecule has 3 amide bonds. The number of amides is 3. The van der Waals surface area contributed by atoms with Crippen molar-refractivity contribution in [3.8, 4) is 0 Å². The van der Waals surface area contributed by atoms with E-state index in [9.17, 15) is 14.4 Å². The molecule has 3 aromatic rings.